The summed E-state index contributed by atoms with van der Waals surface area (Å²) in [5.74, 6) is 1.20. The van der Waals surface area contributed by atoms with Crippen molar-refractivity contribution in [3.8, 4) is 0 Å². The Balaban J connectivity index is 1.57. The van der Waals surface area contributed by atoms with Crippen molar-refractivity contribution in [1.82, 2.24) is 0 Å². The van der Waals surface area contributed by atoms with Gasteiger partial charge in [0.05, 0.1) is 12.5 Å². The van der Waals surface area contributed by atoms with E-state index in [1.54, 1.807) is 0 Å². The van der Waals surface area contributed by atoms with E-state index in [1.807, 2.05) is 0 Å². The number of esters is 1. The lowest BCUT2D eigenvalue weighted by Gasteiger charge is -2.16. The van der Waals surface area contributed by atoms with Crippen molar-refractivity contribution in [2.75, 3.05) is 13.2 Å². The number of unbranched alkanes of at least 4 members (excludes halogenated alkanes) is 3. The number of aliphatic hydroxyl groups is 1. The summed E-state index contributed by atoms with van der Waals surface area (Å²) in [6.45, 7) is 0.805. The van der Waals surface area contributed by atoms with Gasteiger partial charge in [-0.2, -0.15) is 0 Å². The Morgan fingerprint density at radius 1 is 1.18 bits per heavy atom. The van der Waals surface area contributed by atoms with Crippen LogP contribution in [-0.2, 0) is 9.53 Å². The van der Waals surface area contributed by atoms with E-state index in [-0.39, 0.29) is 18.5 Å². The second-order valence-electron chi connectivity index (χ2n) is 5.19. The van der Waals surface area contributed by atoms with Crippen LogP contribution in [0.5, 0.6) is 0 Å². The largest absolute Gasteiger partial charge is 0.465 e. The molecule has 17 heavy (non-hydrogen) atoms. The molecule has 2 aliphatic rings. The van der Waals surface area contributed by atoms with E-state index in [0.717, 1.165) is 38.5 Å². The predicted molar refractivity (Wildman–Crippen MR) is 65.4 cm³/mol. The van der Waals surface area contributed by atoms with Gasteiger partial charge in [-0.1, -0.05) is 18.6 Å². The van der Waals surface area contributed by atoms with Gasteiger partial charge in [0.15, 0.2) is 0 Å². The Morgan fingerprint density at radius 3 is 2.65 bits per heavy atom. The zero-order valence-corrected chi connectivity index (χ0v) is 10.3. The summed E-state index contributed by atoms with van der Waals surface area (Å²) in [7, 11) is 0. The SMILES string of the molecule is O=C(OCCCCCCO)C1CC2C=CC1C2. The minimum atomic E-state index is 0.00371. The number of hydrogen-bond donors (Lipinski definition) is 1. The van der Waals surface area contributed by atoms with E-state index >= 15 is 0 Å². The van der Waals surface area contributed by atoms with Gasteiger partial charge in [-0.25, -0.2) is 0 Å². The van der Waals surface area contributed by atoms with Crippen LogP contribution in [0.3, 0.4) is 0 Å². The van der Waals surface area contributed by atoms with E-state index in [4.69, 9.17) is 9.84 Å². The Bertz CT molecular complexity index is 285. The van der Waals surface area contributed by atoms with Crippen molar-refractivity contribution in [3.63, 3.8) is 0 Å². The minimum Gasteiger partial charge on any atom is -0.465 e. The predicted octanol–water partition coefficient (Wildman–Crippen LogP) is 2.29. The summed E-state index contributed by atoms with van der Waals surface area (Å²) in [4.78, 5) is 11.8. The number of allylic oxidation sites excluding steroid dienone is 2. The summed E-state index contributed by atoms with van der Waals surface area (Å²) in [6.07, 6.45) is 10.4. The van der Waals surface area contributed by atoms with Crippen molar-refractivity contribution in [3.05, 3.63) is 12.2 Å². The third-order valence-electron chi connectivity index (χ3n) is 3.88. The molecule has 3 unspecified atom stereocenters. The molecule has 0 aromatic rings. The molecule has 2 rings (SSSR count). The molecule has 1 N–H and O–H groups in total. The fraction of sp³-hybridized carbons (Fsp3) is 0.786. The van der Waals surface area contributed by atoms with Crippen LogP contribution in [0.25, 0.3) is 0 Å². The van der Waals surface area contributed by atoms with Crippen LogP contribution in [0.2, 0.25) is 0 Å². The maximum absolute atomic E-state index is 11.8. The molecular weight excluding hydrogens is 216 g/mol. The number of rotatable bonds is 7. The average Bonchev–Trinajstić information content (AvgIpc) is 2.95. The van der Waals surface area contributed by atoms with E-state index in [0.29, 0.717) is 18.4 Å². The van der Waals surface area contributed by atoms with Gasteiger partial charge in [-0.3, -0.25) is 4.79 Å². The van der Waals surface area contributed by atoms with Gasteiger partial charge in [-0.15, -0.1) is 0 Å². The van der Waals surface area contributed by atoms with Crippen LogP contribution >= 0.6 is 0 Å². The fourth-order valence-electron chi connectivity index (χ4n) is 2.90. The van der Waals surface area contributed by atoms with Crippen LogP contribution in [0, 0.1) is 17.8 Å². The van der Waals surface area contributed by atoms with Crippen molar-refractivity contribution < 1.29 is 14.6 Å². The first-order valence-corrected chi connectivity index (χ1v) is 6.77. The first-order valence-electron chi connectivity index (χ1n) is 6.77. The summed E-state index contributed by atoms with van der Waals surface area (Å²) in [5, 5.41) is 8.62. The Hall–Kier alpha value is -0.830. The first kappa shape index (κ1) is 12.6. The molecule has 0 aromatic carbocycles. The molecule has 0 spiro atoms. The molecule has 0 saturated heterocycles. The van der Waals surface area contributed by atoms with E-state index in [1.165, 1.54) is 0 Å². The summed E-state index contributed by atoms with van der Waals surface area (Å²) in [5.41, 5.74) is 0. The molecule has 0 amide bonds. The highest BCUT2D eigenvalue weighted by Gasteiger charge is 2.40. The highest BCUT2D eigenvalue weighted by molar-refractivity contribution is 5.74. The number of fused-ring (bicyclic) bond motifs is 2. The summed E-state index contributed by atoms with van der Waals surface area (Å²) in [6, 6.07) is 0. The first-order chi connectivity index (χ1) is 8.31. The molecule has 96 valence electrons. The molecular formula is C14H22O3. The van der Waals surface area contributed by atoms with Gasteiger partial charge in [0, 0.05) is 6.61 Å². The maximum Gasteiger partial charge on any atom is 0.309 e. The van der Waals surface area contributed by atoms with E-state index in [2.05, 4.69) is 12.2 Å². The summed E-state index contributed by atoms with van der Waals surface area (Å²) >= 11 is 0. The van der Waals surface area contributed by atoms with Crippen molar-refractivity contribution in [2.45, 2.75) is 38.5 Å². The second-order valence-corrected chi connectivity index (χ2v) is 5.19. The molecule has 2 aliphatic carbocycles. The van der Waals surface area contributed by atoms with Gasteiger partial charge >= 0.3 is 5.97 Å². The molecule has 2 bridgehead atoms. The van der Waals surface area contributed by atoms with Crippen LogP contribution < -0.4 is 0 Å². The van der Waals surface area contributed by atoms with Crippen LogP contribution in [0.1, 0.15) is 38.5 Å². The molecule has 0 radical (unpaired) electrons. The number of aliphatic hydroxyl groups excluding tert-OH is 1. The molecule has 1 fully saturated rings. The molecule has 0 heterocycles. The lowest BCUT2D eigenvalue weighted by Crippen LogP contribution is -2.21. The van der Waals surface area contributed by atoms with Crippen LogP contribution in [0.15, 0.2) is 12.2 Å². The van der Waals surface area contributed by atoms with Crippen molar-refractivity contribution in [2.24, 2.45) is 17.8 Å². The van der Waals surface area contributed by atoms with Crippen LogP contribution in [0.4, 0.5) is 0 Å². The standard InChI is InChI=1S/C14H22O3/c15-7-3-1-2-4-8-17-14(16)13-10-11-5-6-12(13)9-11/h5-6,11-13,15H,1-4,7-10H2. The normalized spacial score (nSPS) is 29.8. The smallest absolute Gasteiger partial charge is 0.309 e. The fourth-order valence-corrected chi connectivity index (χ4v) is 2.90. The summed E-state index contributed by atoms with van der Waals surface area (Å²) < 4.78 is 5.32. The number of hydrogen-bond acceptors (Lipinski definition) is 3. The molecule has 3 heteroatoms. The van der Waals surface area contributed by atoms with Crippen molar-refractivity contribution >= 4 is 5.97 Å². The van der Waals surface area contributed by atoms with Crippen molar-refractivity contribution in [1.29, 1.82) is 0 Å². The van der Waals surface area contributed by atoms with E-state index < -0.39 is 0 Å². The average molecular weight is 238 g/mol. The quantitative estimate of drug-likeness (QED) is 0.420. The molecule has 0 aromatic heterocycles. The lowest BCUT2D eigenvalue weighted by atomic mass is 9.94. The highest BCUT2D eigenvalue weighted by atomic mass is 16.5. The van der Waals surface area contributed by atoms with Gasteiger partial charge in [-0.05, 0) is 43.9 Å². The molecule has 1 saturated carbocycles. The monoisotopic (exact) mass is 238 g/mol. The number of carbonyl (C=O) groups is 1. The minimum absolute atomic E-state index is 0.00371. The van der Waals surface area contributed by atoms with Gasteiger partial charge < -0.3 is 9.84 Å². The highest BCUT2D eigenvalue weighted by Crippen LogP contribution is 2.43. The van der Waals surface area contributed by atoms with Gasteiger partial charge in [0.25, 0.3) is 0 Å². The van der Waals surface area contributed by atoms with Gasteiger partial charge in [0.2, 0.25) is 0 Å². The zero-order valence-electron chi connectivity index (χ0n) is 10.3. The van der Waals surface area contributed by atoms with Gasteiger partial charge in [0.1, 0.15) is 0 Å². The number of carbonyl (C=O) groups excluding carboxylic acids is 1. The Kier molecular flexibility index (Phi) is 4.60. The van der Waals surface area contributed by atoms with Crippen LogP contribution in [-0.4, -0.2) is 24.3 Å². The number of ether oxygens (including phenoxy) is 1. The maximum atomic E-state index is 11.8. The topological polar surface area (TPSA) is 46.5 Å². The molecule has 3 nitrogen and oxygen atoms in total. The Labute approximate surface area is 103 Å². The molecule has 3 atom stereocenters. The molecule has 0 aliphatic heterocycles. The third-order valence-corrected chi connectivity index (χ3v) is 3.88. The zero-order chi connectivity index (χ0) is 12.1. The lowest BCUT2D eigenvalue weighted by molar-refractivity contribution is -0.149. The second kappa shape index (κ2) is 6.20. The Morgan fingerprint density at radius 2 is 2.00 bits per heavy atom. The van der Waals surface area contributed by atoms with E-state index in [9.17, 15) is 4.79 Å². The third kappa shape index (κ3) is 3.32.